The van der Waals surface area contributed by atoms with Crippen LogP contribution < -0.4 is 10.2 Å². The molecule has 2 aliphatic heterocycles. The molecule has 0 aromatic heterocycles. The van der Waals surface area contributed by atoms with Crippen molar-refractivity contribution in [1.29, 1.82) is 0 Å². The third-order valence-electron chi connectivity index (χ3n) is 4.29. The maximum Gasteiger partial charge on any atom is 0.0412 e. The van der Waals surface area contributed by atoms with Gasteiger partial charge in [0.2, 0.25) is 0 Å². The van der Waals surface area contributed by atoms with Crippen LogP contribution in [0.3, 0.4) is 0 Å². The highest BCUT2D eigenvalue weighted by Crippen LogP contribution is 2.23. The van der Waals surface area contributed by atoms with Crippen molar-refractivity contribution in [3.05, 3.63) is 29.8 Å². The monoisotopic (exact) mass is 259 g/mol. The van der Waals surface area contributed by atoms with Crippen LogP contribution in [0, 0.1) is 0 Å². The second kappa shape index (κ2) is 6.40. The number of anilines is 1. The molecule has 0 radical (unpaired) electrons. The van der Waals surface area contributed by atoms with Crippen molar-refractivity contribution >= 4 is 5.69 Å². The standard InChI is InChI=1S/C16H25N3/c1-4-10-18(11-5-1)14-15-6-2-3-7-16(15)19-12-8-17-9-13-19/h2-3,6-7,17H,1,4-5,8-14H2. The molecule has 2 heterocycles. The Morgan fingerprint density at radius 2 is 1.63 bits per heavy atom. The molecule has 0 spiro atoms. The molecule has 1 aromatic carbocycles. The molecule has 0 amide bonds. The lowest BCUT2D eigenvalue weighted by Crippen LogP contribution is -2.44. The number of nitrogens with zero attached hydrogens (tertiary/aromatic N) is 2. The second-order valence-corrected chi connectivity index (χ2v) is 5.70. The molecule has 0 aliphatic carbocycles. The summed E-state index contributed by atoms with van der Waals surface area (Å²) in [5.74, 6) is 0. The van der Waals surface area contributed by atoms with Crippen molar-refractivity contribution in [2.45, 2.75) is 25.8 Å². The van der Waals surface area contributed by atoms with E-state index in [4.69, 9.17) is 0 Å². The van der Waals surface area contributed by atoms with Gasteiger partial charge in [-0.25, -0.2) is 0 Å². The molecule has 0 bridgehead atoms. The van der Waals surface area contributed by atoms with Crippen LogP contribution in [0.15, 0.2) is 24.3 Å². The smallest absolute Gasteiger partial charge is 0.0412 e. The molecule has 1 N–H and O–H groups in total. The van der Waals surface area contributed by atoms with E-state index in [-0.39, 0.29) is 0 Å². The fraction of sp³-hybridized carbons (Fsp3) is 0.625. The van der Waals surface area contributed by atoms with E-state index in [1.807, 2.05) is 0 Å². The van der Waals surface area contributed by atoms with Crippen molar-refractivity contribution < 1.29 is 0 Å². The molecule has 0 saturated carbocycles. The highest BCUT2D eigenvalue weighted by molar-refractivity contribution is 5.54. The Kier molecular flexibility index (Phi) is 4.36. The van der Waals surface area contributed by atoms with Crippen molar-refractivity contribution in [2.24, 2.45) is 0 Å². The fourth-order valence-corrected chi connectivity index (χ4v) is 3.22. The second-order valence-electron chi connectivity index (χ2n) is 5.70. The number of likely N-dealkylation sites (tertiary alicyclic amines) is 1. The molecule has 3 heteroatoms. The minimum Gasteiger partial charge on any atom is -0.369 e. The molecular weight excluding hydrogens is 234 g/mol. The van der Waals surface area contributed by atoms with Crippen LogP contribution in [0.25, 0.3) is 0 Å². The van der Waals surface area contributed by atoms with E-state index in [9.17, 15) is 0 Å². The number of benzene rings is 1. The average Bonchev–Trinajstić information content (AvgIpc) is 2.50. The Bertz CT molecular complexity index is 393. The number of rotatable bonds is 3. The van der Waals surface area contributed by atoms with Crippen LogP contribution in [0.1, 0.15) is 24.8 Å². The highest BCUT2D eigenvalue weighted by atomic mass is 15.2. The third kappa shape index (κ3) is 3.28. The van der Waals surface area contributed by atoms with Gasteiger partial charge in [0, 0.05) is 38.4 Å². The molecule has 0 unspecified atom stereocenters. The van der Waals surface area contributed by atoms with Gasteiger partial charge in [-0.3, -0.25) is 4.90 Å². The van der Waals surface area contributed by atoms with E-state index < -0.39 is 0 Å². The Morgan fingerprint density at radius 1 is 0.895 bits per heavy atom. The van der Waals surface area contributed by atoms with E-state index in [0.717, 1.165) is 32.7 Å². The summed E-state index contributed by atoms with van der Waals surface area (Å²) in [4.78, 5) is 5.15. The molecule has 2 fully saturated rings. The molecule has 3 nitrogen and oxygen atoms in total. The molecule has 2 aliphatic rings. The van der Waals surface area contributed by atoms with Crippen molar-refractivity contribution in [1.82, 2.24) is 10.2 Å². The summed E-state index contributed by atoms with van der Waals surface area (Å²) < 4.78 is 0. The third-order valence-corrected chi connectivity index (χ3v) is 4.29. The predicted molar refractivity (Wildman–Crippen MR) is 80.7 cm³/mol. The molecule has 104 valence electrons. The first-order valence-electron chi connectivity index (χ1n) is 7.69. The summed E-state index contributed by atoms with van der Waals surface area (Å²) in [6.45, 7) is 8.16. The minimum atomic E-state index is 1.11. The zero-order valence-electron chi connectivity index (χ0n) is 11.8. The zero-order chi connectivity index (χ0) is 12.9. The first-order chi connectivity index (χ1) is 9.43. The molecule has 1 aromatic rings. The summed E-state index contributed by atoms with van der Waals surface area (Å²) in [5.41, 5.74) is 2.96. The lowest BCUT2D eigenvalue weighted by atomic mass is 10.1. The quantitative estimate of drug-likeness (QED) is 0.896. The van der Waals surface area contributed by atoms with Crippen molar-refractivity contribution in [3.63, 3.8) is 0 Å². The summed E-state index contributed by atoms with van der Waals surface area (Å²) in [5, 5.41) is 3.43. The first-order valence-corrected chi connectivity index (χ1v) is 7.69. The van der Waals surface area contributed by atoms with Gasteiger partial charge in [-0.1, -0.05) is 24.6 Å². The van der Waals surface area contributed by atoms with Gasteiger partial charge >= 0.3 is 0 Å². The van der Waals surface area contributed by atoms with Crippen LogP contribution in [-0.2, 0) is 6.54 Å². The average molecular weight is 259 g/mol. The van der Waals surface area contributed by atoms with Gasteiger partial charge in [-0.2, -0.15) is 0 Å². The maximum atomic E-state index is 3.43. The number of para-hydroxylation sites is 1. The number of piperidine rings is 1. The van der Waals surface area contributed by atoms with E-state index in [1.54, 1.807) is 0 Å². The zero-order valence-corrected chi connectivity index (χ0v) is 11.8. The SMILES string of the molecule is c1ccc(N2CCNCC2)c(CN2CCCCC2)c1. The van der Waals surface area contributed by atoms with Gasteiger partial charge < -0.3 is 10.2 Å². The summed E-state index contributed by atoms with van der Waals surface area (Å²) in [6.07, 6.45) is 4.15. The van der Waals surface area contributed by atoms with Gasteiger partial charge in [0.25, 0.3) is 0 Å². The van der Waals surface area contributed by atoms with Crippen molar-refractivity contribution in [3.8, 4) is 0 Å². The van der Waals surface area contributed by atoms with Crippen LogP contribution in [0.4, 0.5) is 5.69 Å². The number of hydrogen-bond acceptors (Lipinski definition) is 3. The molecule has 19 heavy (non-hydrogen) atoms. The van der Waals surface area contributed by atoms with Gasteiger partial charge in [-0.15, -0.1) is 0 Å². The molecular formula is C16H25N3. The van der Waals surface area contributed by atoms with Crippen LogP contribution in [-0.4, -0.2) is 44.2 Å². The lowest BCUT2D eigenvalue weighted by Gasteiger charge is -2.33. The van der Waals surface area contributed by atoms with Crippen LogP contribution >= 0.6 is 0 Å². The van der Waals surface area contributed by atoms with E-state index in [2.05, 4.69) is 39.4 Å². The van der Waals surface area contributed by atoms with Gasteiger partial charge in [-0.05, 0) is 37.6 Å². The first kappa shape index (κ1) is 12.9. The number of piperazine rings is 1. The van der Waals surface area contributed by atoms with Gasteiger partial charge in [0.1, 0.15) is 0 Å². The normalized spacial score (nSPS) is 21.6. The van der Waals surface area contributed by atoms with Gasteiger partial charge in [0.05, 0.1) is 0 Å². The number of nitrogens with one attached hydrogen (secondary N) is 1. The predicted octanol–water partition coefficient (Wildman–Crippen LogP) is 2.08. The summed E-state index contributed by atoms with van der Waals surface area (Å²) in [6, 6.07) is 8.97. The summed E-state index contributed by atoms with van der Waals surface area (Å²) in [7, 11) is 0. The molecule has 0 atom stereocenters. The Morgan fingerprint density at radius 3 is 2.42 bits per heavy atom. The van der Waals surface area contributed by atoms with Crippen molar-refractivity contribution in [2.75, 3.05) is 44.2 Å². The van der Waals surface area contributed by atoms with Crippen LogP contribution in [0.5, 0.6) is 0 Å². The lowest BCUT2D eigenvalue weighted by molar-refractivity contribution is 0.221. The molecule has 2 saturated heterocycles. The van der Waals surface area contributed by atoms with E-state index in [1.165, 1.54) is 43.6 Å². The largest absolute Gasteiger partial charge is 0.369 e. The fourth-order valence-electron chi connectivity index (χ4n) is 3.22. The minimum absolute atomic E-state index is 1.11. The maximum absolute atomic E-state index is 3.43. The van der Waals surface area contributed by atoms with Crippen LogP contribution in [0.2, 0.25) is 0 Å². The van der Waals surface area contributed by atoms with Gasteiger partial charge in [0.15, 0.2) is 0 Å². The topological polar surface area (TPSA) is 18.5 Å². The number of hydrogen-bond donors (Lipinski definition) is 1. The Balaban J connectivity index is 1.72. The Labute approximate surface area is 116 Å². The van der Waals surface area contributed by atoms with E-state index >= 15 is 0 Å². The summed E-state index contributed by atoms with van der Waals surface area (Å²) >= 11 is 0. The Hall–Kier alpha value is -1.06. The van der Waals surface area contributed by atoms with E-state index in [0.29, 0.717) is 0 Å². The highest BCUT2D eigenvalue weighted by Gasteiger charge is 2.16. The molecule has 3 rings (SSSR count).